The van der Waals surface area contributed by atoms with E-state index in [1.54, 1.807) is 0 Å². The predicted octanol–water partition coefficient (Wildman–Crippen LogP) is 3.50. The Kier molecular flexibility index (Phi) is 4.36. The van der Waals surface area contributed by atoms with E-state index in [0.717, 1.165) is 24.1 Å². The summed E-state index contributed by atoms with van der Waals surface area (Å²) in [6, 6.07) is 9.76. The molecule has 1 aromatic heterocycles. The lowest BCUT2D eigenvalue weighted by molar-refractivity contribution is -0.152. The van der Waals surface area contributed by atoms with E-state index in [1.807, 2.05) is 35.7 Å². The fourth-order valence-corrected chi connectivity index (χ4v) is 4.26. The highest BCUT2D eigenvalue weighted by atomic mass is 32.1. The summed E-state index contributed by atoms with van der Waals surface area (Å²) in [5.41, 5.74) is 1.81. The maximum absolute atomic E-state index is 12.1. The number of aromatic nitrogens is 1. The number of rotatable bonds is 5. The standard InChI is InChI=1S/C19H18N2O3S/c22-17(10-24-18(23)15-9-12-6-7-14(15)8-12)21-19-20-16(11-25-19)13-4-2-1-3-5-13/h1-7,11-12,14-15H,8-10H2,(H,20,21,22). The van der Waals surface area contributed by atoms with Gasteiger partial charge in [-0.1, -0.05) is 42.5 Å². The van der Waals surface area contributed by atoms with Crippen LogP contribution in [0.3, 0.4) is 0 Å². The molecule has 0 spiro atoms. The summed E-state index contributed by atoms with van der Waals surface area (Å²) in [5.74, 6) is 0.0699. The lowest BCUT2D eigenvalue weighted by Crippen LogP contribution is -2.26. The second kappa shape index (κ2) is 6.80. The minimum absolute atomic E-state index is 0.0904. The van der Waals surface area contributed by atoms with Crippen LogP contribution >= 0.6 is 11.3 Å². The van der Waals surface area contributed by atoms with E-state index in [1.165, 1.54) is 11.3 Å². The van der Waals surface area contributed by atoms with Crippen LogP contribution in [0.25, 0.3) is 11.3 Å². The smallest absolute Gasteiger partial charge is 0.310 e. The van der Waals surface area contributed by atoms with E-state index in [0.29, 0.717) is 11.0 Å². The van der Waals surface area contributed by atoms with Crippen molar-refractivity contribution in [3.05, 3.63) is 47.9 Å². The molecule has 0 aliphatic heterocycles. The maximum Gasteiger partial charge on any atom is 0.310 e. The largest absolute Gasteiger partial charge is 0.455 e. The van der Waals surface area contributed by atoms with Gasteiger partial charge < -0.3 is 4.74 Å². The second-order valence-corrected chi connectivity index (χ2v) is 7.30. The van der Waals surface area contributed by atoms with Gasteiger partial charge in [0.1, 0.15) is 0 Å². The van der Waals surface area contributed by atoms with Gasteiger partial charge in [-0.15, -0.1) is 11.3 Å². The molecule has 2 aromatic rings. The van der Waals surface area contributed by atoms with E-state index in [2.05, 4.69) is 22.5 Å². The minimum atomic E-state index is -0.360. The van der Waals surface area contributed by atoms with E-state index < -0.39 is 0 Å². The van der Waals surface area contributed by atoms with Crippen LogP contribution in [0, 0.1) is 17.8 Å². The molecule has 0 saturated heterocycles. The van der Waals surface area contributed by atoms with Gasteiger partial charge in [-0.2, -0.15) is 0 Å². The number of carbonyl (C=O) groups is 2. The van der Waals surface area contributed by atoms with E-state index in [9.17, 15) is 9.59 Å². The van der Waals surface area contributed by atoms with Crippen molar-refractivity contribution in [3.63, 3.8) is 0 Å². The van der Waals surface area contributed by atoms with E-state index >= 15 is 0 Å². The molecule has 3 atom stereocenters. The number of ether oxygens (including phenoxy) is 1. The van der Waals surface area contributed by atoms with Crippen LogP contribution in [-0.4, -0.2) is 23.5 Å². The Balaban J connectivity index is 1.29. The molecular formula is C19H18N2O3S. The second-order valence-electron chi connectivity index (χ2n) is 6.45. The summed E-state index contributed by atoms with van der Waals surface area (Å²) >= 11 is 1.35. The zero-order chi connectivity index (χ0) is 17.2. The highest BCUT2D eigenvalue weighted by Gasteiger charge is 2.40. The zero-order valence-electron chi connectivity index (χ0n) is 13.6. The Morgan fingerprint density at radius 2 is 2.04 bits per heavy atom. The van der Waals surface area contributed by atoms with Crippen LogP contribution in [0.5, 0.6) is 0 Å². The first-order chi connectivity index (χ1) is 12.2. The number of carbonyl (C=O) groups excluding carboxylic acids is 2. The molecule has 3 unspecified atom stereocenters. The molecule has 1 fully saturated rings. The average molecular weight is 354 g/mol. The van der Waals surface area contributed by atoms with Crippen LogP contribution in [0.4, 0.5) is 5.13 Å². The van der Waals surface area contributed by atoms with Gasteiger partial charge in [0.15, 0.2) is 11.7 Å². The molecule has 5 nitrogen and oxygen atoms in total. The van der Waals surface area contributed by atoms with Crippen molar-refractivity contribution in [3.8, 4) is 11.3 Å². The Morgan fingerprint density at radius 1 is 1.20 bits per heavy atom. The monoisotopic (exact) mass is 354 g/mol. The third kappa shape index (κ3) is 3.49. The van der Waals surface area contributed by atoms with Crippen LogP contribution in [0.2, 0.25) is 0 Å². The number of esters is 1. The van der Waals surface area contributed by atoms with Crippen LogP contribution in [-0.2, 0) is 14.3 Å². The van der Waals surface area contributed by atoms with Gasteiger partial charge in [-0.3, -0.25) is 14.9 Å². The number of hydrogen-bond acceptors (Lipinski definition) is 5. The fourth-order valence-electron chi connectivity index (χ4n) is 3.52. The molecule has 6 heteroatoms. The van der Waals surface area contributed by atoms with Crippen molar-refractivity contribution in [2.24, 2.45) is 17.8 Å². The maximum atomic E-state index is 12.1. The minimum Gasteiger partial charge on any atom is -0.455 e. The van der Waals surface area contributed by atoms with Crippen molar-refractivity contribution in [1.82, 2.24) is 4.98 Å². The summed E-state index contributed by atoms with van der Waals surface area (Å²) in [6.07, 6.45) is 6.15. The lowest BCUT2D eigenvalue weighted by atomic mass is 9.94. The van der Waals surface area contributed by atoms with Crippen molar-refractivity contribution in [2.75, 3.05) is 11.9 Å². The number of fused-ring (bicyclic) bond motifs is 2. The van der Waals surface area contributed by atoms with Gasteiger partial charge >= 0.3 is 5.97 Å². The summed E-state index contributed by atoms with van der Waals surface area (Å²) in [6.45, 7) is -0.267. The Bertz CT molecular complexity index is 815. The summed E-state index contributed by atoms with van der Waals surface area (Å²) in [5, 5.41) is 5.08. The first-order valence-electron chi connectivity index (χ1n) is 8.35. The van der Waals surface area contributed by atoms with Crippen molar-refractivity contribution < 1.29 is 14.3 Å². The third-order valence-corrected chi connectivity index (χ3v) is 5.50. The number of anilines is 1. The zero-order valence-corrected chi connectivity index (χ0v) is 14.4. The fraction of sp³-hybridized carbons (Fsp3) is 0.316. The molecule has 128 valence electrons. The normalized spacial score (nSPS) is 23.6. The Morgan fingerprint density at radius 3 is 2.76 bits per heavy atom. The molecule has 1 aromatic carbocycles. The third-order valence-electron chi connectivity index (χ3n) is 4.75. The van der Waals surface area contributed by atoms with Crippen LogP contribution in [0.1, 0.15) is 12.8 Å². The van der Waals surface area contributed by atoms with Gasteiger partial charge in [0.25, 0.3) is 5.91 Å². The molecule has 0 radical (unpaired) electrons. The molecule has 1 saturated carbocycles. The quantitative estimate of drug-likeness (QED) is 0.659. The Labute approximate surface area is 149 Å². The molecule has 2 aliphatic carbocycles. The summed E-state index contributed by atoms with van der Waals surface area (Å²) in [7, 11) is 0. The molecular weight excluding hydrogens is 336 g/mol. The molecule has 1 heterocycles. The van der Waals surface area contributed by atoms with Crippen molar-refractivity contribution in [2.45, 2.75) is 12.8 Å². The highest BCUT2D eigenvalue weighted by molar-refractivity contribution is 7.14. The number of allylic oxidation sites excluding steroid dienone is 2. The molecule has 4 rings (SSSR count). The predicted molar refractivity (Wildman–Crippen MR) is 96.0 cm³/mol. The van der Waals surface area contributed by atoms with Crippen molar-refractivity contribution in [1.29, 1.82) is 0 Å². The van der Waals surface area contributed by atoms with Gasteiger partial charge in [0, 0.05) is 10.9 Å². The van der Waals surface area contributed by atoms with Gasteiger partial charge in [0.2, 0.25) is 0 Å². The van der Waals surface area contributed by atoms with Crippen LogP contribution in [0.15, 0.2) is 47.9 Å². The highest BCUT2D eigenvalue weighted by Crippen LogP contribution is 2.43. The number of hydrogen-bond donors (Lipinski definition) is 1. The Hall–Kier alpha value is -2.47. The summed E-state index contributed by atoms with van der Waals surface area (Å²) in [4.78, 5) is 28.5. The molecule has 2 aliphatic rings. The molecule has 1 N–H and O–H groups in total. The van der Waals surface area contributed by atoms with Gasteiger partial charge in [0.05, 0.1) is 11.6 Å². The molecule has 25 heavy (non-hydrogen) atoms. The number of thiazole rings is 1. The van der Waals surface area contributed by atoms with Gasteiger partial charge in [-0.05, 0) is 24.7 Å². The van der Waals surface area contributed by atoms with Crippen LogP contribution < -0.4 is 5.32 Å². The van der Waals surface area contributed by atoms with E-state index in [4.69, 9.17) is 4.74 Å². The number of nitrogens with one attached hydrogen (secondary N) is 1. The first kappa shape index (κ1) is 16.0. The average Bonchev–Trinajstić information content (AvgIpc) is 3.37. The molecule has 2 bridgehead atoms. The SMILES string of the molecule is O=C(COC(=O)C1CC2C=CC1C2)Nc1nc(-c2ccccc2)cs1. The topological polar surface area (TPSA) is 68.3 Å². The van der Waals surface area contributed by atoms with Crippen molar-refractivity contribution >= 4 is 28.3 Å². The van der Waals surface area contributed by atoms with E-state index in [-0.39, 0.29) is 30.3 Å². The number of nitrogens with zero attached hydrogens (tertiary/aromatic N) is 1. The first-order valence-corrected chi connectivity index (χ1v) is 9.23. The molecule has 1 amide bonds. The van der Waals surface area contributed by atoms with Gasteiger partial charge in [-0.25, -0.2) is 4.98 Å². The lowest BCUT2D eigenvalue weighted by Gasteiger charge is -2.16. The number of amides is 1. The summed E-state index contributed by atoms with van der Waals surface area (Å²) < 4.78 is 5.20. The number of benzene rings is 1.